The molecule has 122 valence electrons. The van der Waals surface area contributed by atoms with Crippen molar-refractivity contribution in [1.82, 2.24) is 10.6 Å². The molecule has 0 aromatic rings. The van der Waals surface area contributed by atoms with E-state index in [4.69, 9.17) is 0 Å². The van der Waals surface area contributed by atoms with Crippen molar-refractivity contribution < 1.29 is 18.9 Å². The Bertz CT molecular complexity index is 383. The summed E-state index contributed by atoms with van der Waals surface area (Å²) in [6.45, 7) is 2.25. The zero-order valence-corrected chi connectivity index (χ0v) is 13.6. The van der Waals surface area contributed by atoms with Crippen molar-refractivity contribution in [3.8, 4) is 0 Å². The number of nitrogens with one attached hydrogen (secondary N) is 2. The second kappa shape index (κ2) is 9.02. The number of amides is 2. The highest BCUT2D eigenvalue weighted by Gasteiger charge is 2.30. The maximum Gasteiger partial charge on any atom is 0.326 e. The summed E-state index contributed by atoms with van der Waals surface area (Å²) in [5, 5.41) is 14.5. The molecule has 1 rings (SSSR count). The highest BCUT2D eigenvalue weighted by Crippen LogP contribution is 2.26. The van der Waals surface area contributed by atoms with Gasteiger partial charge in [-0.15, -0.1) is 0 Å². The Morgan fingerprint density at radius 2 is 1.90 bits per heavy atom. The highest BCUT2D eigenvalue weighted by molar-refractivity contribution is 7.84. The number of carbonyl (C=O) groups excluding carboxylic acids is 1. The van der Waals surface area contributed by atoms with Crippen molar-refractivity contribution in [2.45, 2.75) is 56.7 Å². The summed E-state index contributed by atoms with van der Waals surface area (Å²) in [6, 6.07) is -1.27. The van der Waals surface area contributed by atoms with E-state index in [2.05, 4.69) is 10.6 Å². The van der Waals surface area contributed by atoms with Gasteiger partial charge >= 0.3 is 12.0 Å². The standard InChI is InChI=1S/C14H26N2O4S/c1-10(21(2)20)8-9-15-14(19)16-12(13(17)18)11-6-4-3-5-7-11/h10-12H,3-9H2,1-2H3,(H,17,18)(H2,15,16,19). The lowest BCUT2D eigenvalue weighted by Crippen LogP contribution is -2.50. The molecule has 0 bridgehead atoms. The van der Waals surface area contributed by atoms with Gasteiger partial charge in [0.2, 0.25) is 0 Å². The van der Waals surface area contributed by atoms with Crippen LogP contribution in [0.4, 0.5) is 4.79 Å². The third kappa shape index (κ3) is 6.46. The number of carboxylic acids is 1. The molecule has 1 aliphatic rings. The van der Waals surface area contributed by atoms with E-state index in [-0.39, 0.29) is 11.2 Å². The fraction of sp³-hybridized carbons (Fsp3) is 0.857. The van der Waals surface area contributed by atoms with E-state index in [0.717, 1.165) is 32.1 Å². The lowest BCUT2D eigenvalue weighted by molar-refractivity contribution is -0.141. The normalized spacial score (nSPS) is 20.3. The van der Waals surface area contributed by atoms with E-state index in [1.54, 1.807) is 6.26 Å². The van der Waals surface area contributed by atoms with Gasteiger partial charge in [-0.1, -0.05) is 26.2 Å². The van der Waals surface area contributed by atoms with Gasteiger partial charge in [-0.05, 0) is 25.2 Å². The summed E-state index contributed by atoms with van der Waals surface area (Å²) in [7, 11) is -0.913. The summed E-state index contributed by atoms with van der Waals surface area (Å²) in [5.41, 5.74) is 0. The molecule has 7 heteroatoms. The first-order valence-electron chi connectivity index (χ1n) is 7.51. The molecule has 3 N–H and O–H groups in total. The van der Waals surface area contributed by atoms with Gasteiger partial charge in [-0.3, -0.25) is 4.21 Å². The molecule has 0 aromatic carbocycles. The van der Waals surface area contributed by atoms with Gasteiger partial charge < -0.3 is 15.7 Å². The lowest BCUT2D eigenvalue weighted by atomic mass is 9.84. The molecule has 0 radical (unpaired) electrons. The zero-order chi connectivity index (χ0) is 15.8. The average molecular weight is 318 g/mol. The summed E-state index contributed by atoms with van der Waals surface area (Å²) < 4.78 is 11.2. The minimum atomic E-state index is -0.972. The fourth-order valence-corrected chi connectivity index (χ4v) is 3.05. The molecule has 2 amide bonds. The monoisotopic (exact) mass is 318 g/mol. The van der Waals surface area contributed by atoms with E-state index in [1.807, 2.05) is 6.92 Å². The smallest absolute Gasteiger partial charge is 0.326 e. The molecule has 1 saturated carbocycles. The van der Waals surface area contributed by atoms with Crippen LogP contribution < -0.4 is 10.6 Å². The van der Waals surface area contributed by atoms with Crippen LogP contribution in [-0.2, 0) is 15.6 Å². The molecule has 0 saturated heterocycles. The number of carboxylic acid groups (broad SMARTS) is 1. The first-order valence-corrected chi connectivity index (χ1v) is 9.13. The molecule has 1 fully saturated rings. The van der Waals surface area contributed by atoms with E-state index in [9.17, 15) is 18.9 Å². The maximum absolute atomic E-state index is 11.8. The molecular weight excluding hydrogens is 292 g/mol. The highest BCUT2D eigenvalue weighted by atomic mass is 32.2. The third-order valence-electron chi connectivity index (χ3n) is 4.08. The largest absolute Gasteiger partial charge is 0.480 e. The van der Waals surface area contributed by atoms with Crippen molar-refractivity contribution in [2.75, 3.05) is 12.8 Å². The average Bonchev–Trinajstić information content (AvgIpc) is 2.45. The first-order chi connectivity index (χ1) is 9.91. The molecule has 21 heavy (non-hydrogen) atoms. The van der Waals surface area contributed by atoms with Crippen LogP contribution in [0, 0.1) is 5.92 Å². The Hall–Kier alpha value is -1.11. The Labute approximate surface area is 128 Å². The molecule has 0 aliphatic heterocycles. The lowest BCUT2D eigenvalue weighted by Gasteiger charge is -2.28. The van der Waals surface area contributed by atoms with Crippen LogP contribution in [0.3, 0.4) is 0 Å². The van der Waals surface area contributed by atoms with Crippen molar-refractivity contribution in [3.05, 3.63) is 0 Å². The van der Waals surface area contributed by atoms with Crippen LogP contribution in [-0.4, -0.2) is 45.4 Å². The van der Waals surface area contributed by atoms with Crippen LogP contribution in [0.25, 0.3) is 0 Å². The Morgan fingerprint density at radius 3 is 2.43 bits per heavy atom. The maximum atomic E-state index is 11.8. The van der Waals surface area contributed by atoms with Gasteiger partial charge in [0.25, 0.3) is 0 Å². The Morgan fingerprint density at radius 1 is 1.29 bits per heavy atom. The van der Waals surface area contributed by atoms with E-state index in [1.165, 1.54) is 0 Å². The van der Waals surface area contributed by atoms with Gasteiger partial charge in [-0.2, -0.15) is 0 Å². The minimum absolute atomic E-state index is 0.0129. The second-order valence-electron chi connectivity index (χ2n) is 5.71. The minimum Gasteiger partial charge on any atom is -0.480 e. The fourth-order valence-electron chi connectivity index (χ4n) is 2.60. The topological polar surface area (TPSA) is 95.5 Å². The van der Waals surface area contributed by atoms with Crippen LogP contribution in [0.5, 0.6) is 0 Å². The number of aliphatic carboxylic acids is 1. The van der Waals surface area contributed by atoms with E-state index >= 15 is 0 Å². The molecule has 0 aromatic heterocycles. The van der Waals surface area contributed by atoms with Crippen LogP contribution >= 0.6 is 0 Å². The van der Waals surface area contributed by atoms with Crippen LogP contribution in [0.2, 0.25) is 0 Å². The van der Waals surface area contributed by atoms with Crippen molar-refractivity contribution >= 4 is 22.8 Å². The summed E-state index contributed by atoms with van der Waals surface area (Å²) in [6.07, 6.45) is 7.13. The van der Waals surface area contributed by atoms with Gasteiger partial charge in [0.05, 0.1) is 0 Å². The Kier molecular flexibility index (Phi) is 7.71. The van der Waals surface area contributed by atoms with Crippen molar-refractivity contribution in [2.24, 2.45) is 5.92 Å². The predicted molar refractivity (Wildman–Crippen MR) is 82.7 cm³/mol. The summed E-state index contributed by atoms with van der Waals surface area (Å²) >= 11 is 0. The third-order valence-corrected chi connectivity index (χ3v) is 5.45. The summed E-state index contributed by atoms with van der Waals surface area (Å²) in [5.74, 6) is -0.954. The predicted octanol–water partition coefficient (Wildman–Crippen LogP) is 1.48. The molecule has 3 unspecified atom stereocenters. The van der Waals surface area contributed by atoms with Crippen molar-refractivity contribution in [1.29, 1.82) is 0 Å². The quantitative estimate of drug-likeness (QED) is 0.662. The number of hydrogen-bond donors (Lipinski definition) is 3. The molecule has 6 nitrogen and oxygen atoms in total. The van der Waals surface area contributed by atoms with Gasteiger partial charge in [0.15, 0.2) is 0 Å². The molecule has 3 atom stereocenters. The number of urea groups is 1. The molecular formula is C14H26N2O4S. The molecule has 0 heterocycles. The first kappa shape index (κ1) is 17.9. The van der Waals surface area contributed by atoms with Crippen LogP contribution in [0.1, 0.15) is 45.4 Å². The van der Waals surface area contributed by atoms with Gasteiger partial charge in [0.1, 0.15) is 6.04 Å². The van der Waals surface area contributed by atoms with Gasteiger partial charge in [0, 0.05) is 28.9 Å². The summed E-state index contributed by atoms with van der Waals surface area (Å²) in [4.78, 5) is 23.1. The number of carbonyl (C=O) groups is 2. The number of rotatable bonds is 7. The second-order valence-corrected chi connectivity index (χ2v) is 7.51. The number of hydrogen-bond acceptors (Lipinski definition) is 3. The van der Waals surface area contributed by atoms with Crippen LogP contribution in [0.15, 0.2) is 0 Å². The SMILES string of the molecule is CC(CCNC(=O)NC(C(=O)O)C1CCCCC1)S(C)=O. The molecule has 0 spiro atoms. The van der Waals surface area contributed by atoms with E-state index < -0.39 is 28.8 Å². The van der Waals surface area contributed by atoms with Crippen molar-refractivity contribution in [3.63, 3.8) is 0 Å². The molecule has 1 aliphatic carbocycles. The van der Waals surface area contributed by atoms with Gasteiger partial charge in [-0.25, -0.2) is 9.59 Å². The van der Waals surface area contributed by atoms with E-state index in [0.29, 0.717) is 13.0 Å². The zero-order valence-electron chi connectivity index (χ0n) is 12.8. The Balaban J connectivity index is 2.38.